The number of alkyl halides is 2. The highest BCUT2D eigenvalue weighted by Crippen LogP contribution is 2.29. The Hall–Kier alpha value is -1.41. The fraction of sp³-hybridized carbons (Fsp3) is 0.588. The molecule has 0 bridgehead atoms. The molecular weight excluding hydrogens is 398 g/mol. The molecule has 0 radical (unpaired) electrons. The molecule has 1 aromatic carbocycles. The number of carbonyl (C=O) groups is 1. The second-order valence-corrected chi connectivity index (χ2v) is 7.99. The van der Waals surface area contributed by atoms with Gasteiger partial charge in [-0.3, -0.25) is 4.90 Å². The Morgan fingerprint density at radius 1 is 1.32 bits per heavy atom. The monoisotopic (exact) mass is 420 g/mol. The largest absolute Gasteiger partial charge is 0.492 e. The highest BCUT2D eigenvalue weighted by molar-refractivity contribution is 9.10. The van der Waals surface area contributed by atoms with Gasteiger partial charge in [-0.15, -0.1) is 0 Å². The lowest BCUT2D eigenvalue weighted by Gasteiger charge is -2.38. The molecule has 0 aliphatic carbocycles. The minimum absolute atomic E-state index is 0.213. The number of nitrogens with zero attached hydrogens (tertiary/aromatic N) is 1. The normalized spacial score (nSPS) is 16.9. The second-order valence-electron chi connectivity index (χ2n) is 7.07. The first-order valence-corrected chi connectivity index (χ1v) is 8.81. The van der Waals surface area contributed by atoms with Crippen molar-refractivity contribution in [2.75, 3.05) is 26.2 Å². The molecule has 2 rings (SSSR count). The summed E-state index contributed by atoms with van der Waals surface area (Å²) in [6.07, 6.45) is -0.496. The van der Waals surface area contributed by atoms with Crippen LogP contribution in [0.3, 0.4) is 0 Å². The van der Waals surface area contributed by atoms with Crippen molar-refractivity contribution in [3.8, 4) is 5.75 Å². The molecule has 1 aliphatic heterocycles. The lowest BCUT2D eigenvalue weighted by atomic mass is 10.1. The lowest BCUT2D eigenvalue weighted by Crippen LogP contribution is -2.55. The van der Waals surface area contributed by atoms with E-state index < -0.39 is 17.6 Å². The fourth-order valence-corrected chi connectivity index (χ4v) is 2.93. The Morgan fingerprint density at radius 2 is 2.00 bits per heavy atom. The number of rotatable bonds is 6. The molecule has 0 unspecified atom stereocenters. The van der Waals surface area contributed by atoms with Gasteiger partial charge in [0, 0.05) is 11.0 Å². The lowest BCUT2D eigenvalue weighted by molar-refractivity contribution is -0.133. The number of alkyl carbamates (subject to hydrolysis) is 1. The molecular formula is C17H23BrF2N2O3. The van der Waals surface area contributed by atoms with Crippen LogP contribution in [-0.2, 0) is 11.3 Å². The summed E-state index contributed by atoms with van der Waals surface area (Å²) in [7, 11) is 0. The van der Waals surface area contributed by atoms with E-state index in [0.29, 0.717) is 18.8 Å². The zero-order valence-electron chi connectivity index (χ0n) is 14.6. The number of benzene rings is 1. The van der Waals surface area contributed by atoms with Crippen molar-refractivity contribution in [1.82, 2.24) is 10.2 Å². The minimum atomic E-state index is -2.57. The van der Waals surface area contributed by atoms with Crippen LogP contribution in [0.2, 0.25) is 0 Å². The molecule has 1 amide bonds. The Labute approximate surface area is 154 Å². The third kappa shape index (κ3) is 7.15. The van der Waals surface area contributed by atoms with Crippen molar-refractivity contribution >= 4 is 22.0 Å². The van der Waals surface area contributed by atoms with Crippen LogP contribution in [-0.4, -0.2) is 48.8 Å². The second kappa shape index (κ2) is 7.86. The van der Waals surface area contributed by atoms with Crippen LogP contribution in [0, 0.1) is 0 Å². The summed E-state index contributed by atoms with van der Waals surface area (Å²) in [5.41, 5.74) is 0.345. The van der Waals surface area contributed by atoms with Crippen LogP contribution in [0.4, 0.5) is 13.6 Å². The van der Waals surface area contributed by atoms with Crippen LogP contribution < -0.4 is 10.1 Å². The summed E-state index contributed by atoms with van der Waals surface area (Å²) < 4.78 is 37.4. The average molecular weight is 421 g/mol. The number of likely N-dealkylation sites (tertiary alicyclic amines) is 1. The first-order valence-electron chi connectivity index (χ1n) is 8.02. The van der Waals surface area contributed by atoms with E-state index in [1.165, 1.54) is 0 Å². The van der Waals surface area contributed by atoms with Gasteiger partial charge in [0.15, 0.2) is 0 Å². The van der Waals surface area contributed by atoms with Crippen LogP contribution in [0.15, 0.2) is 22.7 Å². The van der Waals surface area contributed by atoms with Crippen molar-refractivity contribution in [3.63, 3.8) is 0 Å². The molecule has 1 fully saturated rings. The maximum absolute atomic E-state index is 12.9. The summed E-state index contributed by atoms with van der Waals surface area (Å²) >= 11 is 3.39. The van der Waals surface area contributed by atoms with Crippen molar-refractivity contribution in [3.05, 3.63) is 28.2 Å². The van der Waals surface area contributed by atoms with E-state index in [1.54, 1.807) is 31.7 Å². The number of amides is 1. The molecule has 0 atom stereocenters. The van der Waals surface area contributed by atoms with Gasteiger partial charge in [-0.05, 0) is 44.5 Å². The highest BCUT2D eigenvalue weighted by atomic mass is 79.9. The van der Waals surface area contributed by atoms with Crippen LogP contribution >= 0.6 is 15.9 Å². The van der Waals surface area contributed by atoms with Crippen molar-refractivity contribution < 1.29 is 23.0 Å². The first kappa shape index (κ1) is 19.9. The molecule has 140 valence electrons. The topological polar surface area (TPSA) is 50.8 Å². The predicted octanol–water partition coefficient (Wildman–Crippen LogP) is 3.80. The van der Waals surface area contributed by atoms with E-state index in [-0.39, 0.29) is 19.7 Å². The average Bonchev–Trinajstić information content (AvgIpc) is 2.39. The van der Waals surface area contributed by atoms with Gasteiger partial charge in [-0.25, -0.2) is 13.6 Å². The van der Waals surface area contributed by atoms with Crippen LogP contribution in [0.25, 0.3) is 0 Å². The smallest absolute Gasteiger partial charge is 0.407 e. The van der Waals surface area contributed by atoms with E-state index in [1.807, 2.05) is 12.1 Å². The maximum Gasteiger partial charge on any atom is 0.407 e. The Morgan fingerprint density at radius 3 is 2.60 bits per heavy atom. The van der Waals surface area contributed by atoms with Crippen LogP contribution in [0.1, 0.15) is 26.3 Å². The summed E-state index contributed by atoms with van der Waals surface area (Å²) in [5, 5.41) is 2.61. The molecule has 5 nitrogen and oxygen atoms in total. The molecule has 1 N–H and O–H groups in total. The third-order valence-electron chi connectivity index (χ3n) is 3.29. The summed E-state index contributed by atoms with van der Waals surface area (Å²) in [6.45, 7) is 5.97. The Balaban J connectivity index is 1.77. The van der Waals surface area contributed by atoms with Gasteiger partial charge >= 0.3 is 6.09 Å². The molecule has 1 aliphatic rings. The van der Waals surface area contributed by atoms with Crippen molar-refractivity contribution in [2.45, 2.75) is 38.8 Å². The molecule has 0 saturated carbocycles. The number of nitrogens with one attached hydrogen (secondary N) is 1. The third-order valence-corrected chi connectivity index (χ3v) is 3.74. The van der Waals surface area contributed by atoms with E-state index >= 15 is 0 Å². The predicted molar refractivity (Wildman–Crippen MR) is 94.1 cm³/mol. The van der Waals surface area contributed by atoms with Gasteiger partial charge in [0.1, 0.15) is 18.0 Å². The Bertz CT molecular complexity index is 612. The first-order chi connectivity index (χ1) is 11.5. The molecule has 1 heterocycles. The van der Waals surface area contributed by atoms with E-state index in [4.69, 9.17) is 9.47 Å². The molecule has 0 spiro atoms. The zero-order valence-corrected chi connectivity index (χ0v) is 16.2. The number of ether oxygens (including phenoxy) is 2. The SMILES string of the molecule is CC(C)(C)OC(=O)NCCOc1cc(Br)cc(CN2CC(F)(F)C2)c1. The number of halogens is 3. The van der Waals surface area contributed by atoms with Gasteiger partial charge in [0.2, 0.25) is 0 Å². The number of hydrogen-bond donors (Lipinski definition) is 1. The van der Waals surface area contributed by atoms with Gasteiger partial charge in [0.25, 0.3) is 5.92 Å². The molecule has 25 heavy (non-hydrogen) atoms. The van der Waals surface area contributed by atoms with Gasteiger partial charge in [0.05, 0.1) is 19.6 Å². The molecule has 0 aromatic heterocycles. The van der Waals surface area contributed by atoms with Crippen molar-refractivity contribution in [2.24, 2.45) is 0 Å². The Kier molecular flexibility index (Phi) is 6.26. The summed E-state index contributed by atoms with van der Waals surface area (Å²) in [4.78, 5) is 13.2. The van der Waals surface area contributed by atoms with Crippen molar-refractivity contribution in [1.29, 1.82) is 0 Å². The quantitative estimate of drug-likeness (QED) is 0.710. The summed E-state index contributed by atoms with van der Waals surface area (Å²) in [6, 6.07) is 5.48. The maximum atomic E-state index is 12.9. The number of carbonyl (C=O) groups excluding carboxylic acids is 1. The zero-order chi connectivity index (χ0) is 18.7. The fourth-order valence-electron chi connectivity index (χ4n) is 2.41. The standard InChI is InChI=1S/C17H23BrF2N2O3/c1-16(2,3)25-15(23)21-4-5-24-14-7-12(6-13(18)8-14)9-22-10-17(19,20)11-22/h6-8H,4-5,9-11H2,1-3H3,(H,21,23). The van der Waals surface area contributed by atoms with Gasteiger partial charge in [-0.2, -0.15) is 0 Å². The molecule has 1 saturated heterocycles. The summed E-state index contributed by atoms with van der Waals surface area (Å²) in [5.74, 6) is -1.96. The van der Waals surface area contributed by atoms with Crippen LogP contribution in [0.5, 0.6) is 5.75 Å². The van der Waals surface area contributed by atoms with E-state index in [9.17, 15) is 13.6 Å². The minimum Gasteiger partial charge on any atom is -0.492 e. The van der Waals surface area contributed by atoms with Gasteiger partial charge in [-0.1, -0.05) is 15.9 Å². The van der Waals surface area contributed by atoms with E-state index in [2.05, 4.69) is 21.2 Å². The highest BCUT2D eigenvalue weighted by Gasteiger charge is 2.43. The molecule has 8 heteroatoms. The van der Waals surface area contributed by atoms with Gasteiger partial charge < -0.3 is 14.8 Å². The van der Waals surface area contributed by atoms with E-state index in [0.717, 1.165) is 10.0 Å². The number of hydrogen-bond acceptors (Lipinski definition) is 4. The molecule has 1 aromatic rings.